The maximum atomic E-state index is 13.3. The predicted octanol–water partition coefficient (Wildman–Crippen LogP) is 6.37. The van der Waals surface area contributed by atoms with Gasteiger partial charge in [0.05, 0.1) is 12.2 Å². The summed E-state index contributed by atoms with van der Waals surface area (Å²) in [7, 11) is 0. The molecule has 11 heteroatoms. The summed E-state index contributed by atoms with van der Waals surface area (Å²) in [5.41, 5.74) is 4.24. The van der Waals surface area contributed by atoms with Crippen LogP contribution in [0, 0.1) is 0 Å². The second-order valence-corrected chi connectivity index (χ2v) is 11.8. The molecular formula is C34H37N7O4. The van der Waals surface area contributed by atoms with E-state index in [1.807, 2.05) is 85.8 Å². The lowest BCUT2D eigenvalue weighted by Gasteiger charge is -2.27. The lowest BCUT2D eigenvalue weighted by molar-refractivity contribution is 0.0212. The van der Waals surface area contributed by atoms with E-state index in [4.69, 9.17) is 9.72 Å². The molecule has 0 aliphatic rings. The third-order valence-electron chi connectivity index (χ3n) is 7.12. The smallest absolute Gasteiger partial charge is 0.410 e. The number of carbonyl (C=O) groups is 2. The molecular weight excluding hydrogens is 570 g/mol. The number of hydrogen-bond donors (Lipinski definition) is 2. The molecule has 0 saturated heterocycles. The highest BCUT2D eigenvalue weighted by atomic mass is 16.6. The third kappa shape index (κ3) is 7.61. The van der Waals surface area contributed by atoms with Gasteiger partial charge >= 0.3 is 12.1 Å². The highest BCUT2D eigenvalue weighted by molar-refractivity contribution is 5.87. The van der Waals surface area contributed by atoms with E-state index in [2.05, 4.69) is 20.6 Å². The minimum absolute atomic E-state index is 0.0129. The van der Waals surface area contributed by atoms with Gasteiger partial charge < -0.3 is 14.4 Å². The van der Waals surface area contributed by atoms with Crippen LogP contribution in [0.15, 0.2) is 78.9 Å². The molecule has 232 valence electrons. The van der Waals surface area contributed by atoms with E-state index in [0.29, 0.717) is 30.3 Å². The number of amides is 1. The second kappa shape index (κ2) is 13.5. The fourth-order valence-corrected chi connectivity index (χ4v) is 5.16. The van der Waals surface area contributed by atoms with E-state index in [0.717, 1.165) is 34.2 Å². The van der Waals surface area contributed by atoms with Gasteiger partial charge in [0, 0.05) is 25.1 Å². The first kappa shape index (κ1) is 31.1. The van der Waals surface area contributed by atoms with Crippen molar-refractivity contribution in [2.24, 2.45) is 0 Å². The summed E-state index contributed by atoms with van der Waals surface area (Å²) < 4.78 is 7.45. The largest absolute Gasteiger partial charge is 0.477 e. The van der Waals surface area contributed by atoms with Gasteiger partial charge in [-0.1, -0.05) is 85.8 Å². The number of hydrogen-bond acceptors (Lipinski definition) is 7. The van der Waals surface area contributed by atoms with Crippen molar-refractivity contribution >= 4 is 12.1 Å². The number of aromatic amines is 1. The Hall–Kier alpha value is -5.32. The van der Waals surface area contributed by atoms with Crippen LogP contribution >= 0.6 is 0 Å². The van der Waals surface area contributed by atoms with Crippen LogP contribution in [0.25, 0.3) is 22.5 Å². The number of carbonyl (C=O) groups excluding carboxylic acids is 1. The molecule has 1 amide bonds. The van der Waals surface area contributed by atoms with Crippen LogP contribution in [0.1, 0.15) is 67.2 Å². The molecule has 2 N–H and O–H groups in total. The number of rotatable bonds is 11. The molecule has 0 aliphatic carbocycles. The quantitative estimate of drug-likeness (QED) is 0.177. The minimum atomic E-state index is -1.10. The van der Waals surface area contributed by atoms with Crippen LogP contribution in [0.2, 0.25) is 0 Å². The Balaban J connectivity index is 1.46. The van der Waals surface area contributed by atoms with Crippen molar-refractivity contribution in [1.29, 1.82) is 0 Å². The number of carboxylic acids is 1. The molecule has 11 nitrogen and oxygen atoms in total. The van der Waals surface area contributed by atoms with Crippen LogP contribution in [-0.2, 0) is 30.8 Å². The molecule has 2 heterocycles. The molecule has 0 saturated carbocycles. The van der Waals surface area contributed by atoms with E-state index in [1.165, 1.54) is 4.90 Å². The minimum Gasteiger partial charge on any atom is -0.477 e. The molecule has 3 aromatic carbocycles. The Morgan fingerprint density at radius 1 is 0.911 bits per heavy atom. The summed E-state index contributed by atoms with van der Waals surface area (Å²) in [5, 5.41) is 24.9. The number of imidazole rings is 1. The molecule has 0 aliphatic heterocycles. The summed E-state index contributed by atoms with van der Waals surface area (Å²) in [4.78, 5) is 32.4. The number of nitrogens with one attached hydrogen (secondary N) is 1. The van der Waals surface area contributed by atoms with Crippen molar-refractivity contribution in [2.45, 2.75) is 65.8 Å². The average molecular weight is 608 g/mol. The number of aromatic nitrogens is 6. The zero-order valence-corrected chi connectivity index (χ0v) is 25.9. The standard InChI is InChI=1S/C34H37N7O4/c1-5-11-29-35-28(22-40(33(44)45-34(2,3)4)20-23-12-7-6-8-13-23)30(32(42)43)41(29)21-24-16-18-25(19-17-24)26-14-9-10-15-27(26)31-36-38-39-37-31/h6-10,12-19H,5,11,20-22H2,1-4H3,(H,42,43)(H,36,37,38,39). The first-order valence-electron chi connectivity index (χ1n) is 14.9. The van der Waals surface area contributed by atoms with Crippen molar-refractivity contribution in [1.82, 2.24) is 35.1 Å². The SMILES string of the molecule is CCCc1nc(CN(Cc2ccccc2)C(=O)OC(C)(C)C)c(C(=O)O)n1Cc1ccc(-c2ccccc2-c2nn[nH]n2)cc1. The van der Waals surface area contributed by atoms with Crippen LogP contribution in [-0.4, -0.2) is 57.8 Å². The number of ether oxygens (including phenoxy) is 1. The molecule has 5 rings (SSSR count). The van der Waals surface area contributed by atoms with E-state index in [-0.39, 0.29) is 18.8 Å². The van der Waals surface area contributed by atoms with Crippen LogP contribution < -0.4 is 0 Å². The Kier molecular flexibility index (Phi) is 9.36. The fourth-order valence-electron chi connectivity index (χ4n) is 5.16. The monoisotopic (exact) mass is 607 g/mol. The first-order valence-corrected chi connectivity index (χ1v) is 14.9. The number of H-pyrrole nitrogens is 1. The summed E-state index contributed by atoms with van der Waals surface area (Å²) >= 11 is 0. The van der Waals surface area contributed by atoms with Gasteiger partial charge in [0.2, 0.25) is 5.82 Å². The second-order valence-electron chi connectivity index (χ2n) is 11.8. The lowest BCUT2D eigenvalue weighted by Crippen LogP contribution is -2.36. The van der Waals surface area contributed by atoms with Crippen molar-refractivity contribution in [3.05, 3.63) is 107 Å². The van der Waals surface area contributed by atoms with Crippen LogP contribution in [0.4, 0.5) is 4.79 Å². The van der Waals surface area contributed by atoms with Gasteiger partial charge in [0.25, 0.3) is 0 Å². The highest BCUT2D eigenvalue weighted by Crippen LogP contribution is 2.30. The number of nitrogens with zero attached hydrogens (tertiary/aromatic N) is 6. The molecule has 2 aromatic heterocycles. The summed E-state index contributed by atoms with van der Waals surface area (Å²) in [6, 6.07) is 25.3. The highest BCUT2D eigenvalue weighted by Gasteiger charge is 2.28. The predicted molar refractivity (Wildman–Crippen MR) is 169 cm³/mol. The van der Waals surface area contributed by atoms with Gasteiger partial charge in [-0.3, -0.25) is 4.90 Å². The molecule has 45 heavy (non-hydrogen) atoms. The third-order valence-corrected chi connectivity index (χ3v) is 7.12. The molecule has 0 bridgehead atoms. The number of benzene rings is 3. The summed E-state index contributed by atoms with van der Waals surface area (Å²) in [6.07, 6.45) is 0.828. The van der Waals surface area contributed by atoms with Crippen LogP contribution in [0.3, 0.4) is 0 Å². The Morgan fingerprint density at radius 2 is 1.60 bits per heavy atom. The molecule has 0 unspecified atom stereocenters. The molecule has 0 atom stereocenters. The van der Waals surface area contributed by atoms with Gasteiger partial charge in [-0.05, 0) is 54.7 Å². The van der Waals surface area contributed by atoms with Gasteiger partial charge in [0.1, 0.15) is 11.4 Å². The Labute approximate surface area is 261 Å². The maximum Gasteiger partial charge on any atom is 0.410 e. The normalized spacial score (nSPS) is 11.4. The zero-order valence-electron chi connectivity index (χ0n) is 25.9. The maximum absolute atomic E-state index is 13.3. The number of aromatic carboxylic acids is 1. The van der Waals surface area contributed by atoms with Crippen molar-refractivity contribution < 1.29 is 19.4 Å². The summed E-state index contributed by atoms with van der Waals surface area (Å²) in [6.45, 7) is 7.98. The average Bonchev–Trinajstić information content (AvgIpc) is 3.66. The molecule has 5 aromatic rings. The van der Waals surface area contributed by atoms with Crippen LogP contribution in [0.5, 0.6) is 0 Å². The number of aryl methyl sites for hydroxylation is 1. The van der Waals surface area contributed by atoms with Crippen molar-refractivity contribution in [3.8, 4) is 22.5 Å². The van der Waals surface area contributed by atoms with E-state index in [9.17, 15) is 14.7 Å². The molecule has 0 spiro atoms. The van der Waals surface area contributed by atoms with Gasteiger partial charge in [0.15, 0.2) is 5.69 Å². The van der Waals surface area contributed by atoms with Crippen molar-refractivity contribution in [2.75, 3.05) is 0 Å². The van der Waals surface area contributed by atoms with Crippen molar-refractivity contribution in [3.63, 3.8) is 0 Å². The van der Waals surface area contributed by atoms with E-state index >= 15 is 0 Å². The topological polar surface area (TPSA) is 139 Å². The van der Waals surface area contributed by atoms with E-state index in [1.54, 1.807) is 25.3 Å². The number of carboxylic acid groups (broad SMARTS) is 1. The fraction of sp³-hybridized carbons (Fsp3) is 0.294. The lowest BCUT2D eigenvalue weighted by atomic mass is 9.98. The zero-order chi connectivity index (χ0) is 32.0. The number of tetrazole rings is 1. The van der Waals surface area contributed by atoms with Gasteiger partial charge in [-0.15, -0.1) is 10.2 Å². The van der Waals surface area contributed by atoms with Gasteiger partial charge in [-0.25, -0.2) is 14.6 Å². The Morgan fingerprint density at radius 3 is 2.22 bits per heavy atom. The van der Waals surface area contributed by atoms with E-state index < -0.39 is 17.7 Å². The first-order chi connectivity index (χ1) is 21.6. The Bertz CT molecular complexity index is 1740. The molecule has 0 radical (unpaired) electrons. The summed E-state index contributed by atoms with van der Waals surface area (Å²) in [5.74, 6) is 0.0539. The molecule has 0 fully saturated rings. The van der Waals surface area contributed by atoms with Gasteiger partial charge in [-0.2, -0.15) is 5.21 Å².